The molecule has 0 aliphatic carbocycles. The first kappa shape index (κ1) is 11.4. The predicted octanol–water partition coefficient (Wildman–Crippen LogP) is 3.32. The van der Waals surface area contributed by atoms with Crippen molar-refractivity contribution in [1.82, 2.24) is 9.55 Å². The average Bonchev–Trinajstić information content (AvgIpc) is 2.55. The quantitative estimate of drug-likeness (QED) is 0.872. The number of aliphatic hydroxyl groups excluding tert-OH is 1. The van der Waals surface area contributed by atoms with Crippen molar-refractivity contribution in [1.29, 1.82) is 0 Å². The minimum Gasteiger partial charge on any atom is -0.385 e. The largest absolute Gasteiger partial charge is 0.385 e. The number of benzene rings is 1. The van der Waals surface area contributed by atoms with Crippen molar-refractivity contribution < 1.29 is 5.11 Å². The van der Waals surface area contributed by atoms with Gasteiger partial charge in [0, 0.05) is 11.1 Å². The van der Waals surface area contributed by atoms with Gasteiger partial charge in [0.1, 0.15) is 11.9 Å². The van der Waals surface area contributed by atoms with Crippen LogP contribution in [0.2, 0.25) is 5.02 Å². The van der Waals surface area contributed by atoms with E-state index in [1.54, 1.807) is 6.92 Å². The molecule has 0 saturated carbocycles. The number of aromatic nitrogens is 2. The molecule has 0 spiro atoms. The smallest absolute Gasteiger partial charge is 0.138 e. The minimum absolute atomic E-state index is 0.260. The maximum atomic E-state index is 9.71. The molecule has 0 aliphatic rings. The van der Waals surface area contributed by atoms with E-state index in [1.807, 2.05) is 22.8 Å². The molecule has 16 heavy (non-hydrogen) atoms. The van der Waals surface area contributed by atoms with Crippen molar-refractivity contribution in [3.8, 4) is 0 Å². The lowest BCUT2D eigenvalue weighted by Crippen LogP contribution is -2.08. The van der Waals surface area contributed by atoms with Crippen LogP contribution in [0.25, 0.3) is 11.0 Å². The zero-order valence-electron chi connectivity index (χ0n) is 9.61. The Kier molecular flexibility index (Phi) is 2.91. The van der Waals surface area contributed by atoms with E-state index in [-0.39, 0.29) is 6.04 Å². The molecule has 2 aromatic rings. The van der Waals surface area contributed by atoms with Crippen LogP contribution in [-0.4, -0.2) is 14.7 Å². The molecular formula is C12H15ClN2O. The molecule has 1 aromatic heterocycles. The topological polar surface area (TPSA) is 38.0 Å². The average molecular weight is 239 g/mol. The van der Waals surface area contributed by atoms with E-state index in [2.05, 4.69) is 18.8 Å². The number of imidazole rings is 1. The zero-order chi connectivity index (χ0) is 11.9. The van der Waals surface area contributed by atoms with E-state index in [1.165, 1.54) is 0 Å². The number of rotatable bonds is 2. The number of nitrogens with zero attached hydrogens (tertiary/aromatic N) is 2. The monoisotopic (exact) mass is 238 g/mol. The molecule has 0 bridgehead atoms. The first-order valence-electron chi connectivity index (χ1n) is 5.36. The van der Waals surface area contributed by atoms with Crippen LogP contribution in [0, 0.1) is 0 Å². The highest BCUT2D eigenvalue weighted by molar-refractivity contribution is 6.31. The summed E-state index contributed by atoms with van der Waals surface area (Å²) in [6.45, 7) is 5.87. The van der Waals surface area contributed by atoms with Crippen LogP contribution in [0.5, 0.6) is 0 Å². The Morgan fingerprint density at radius 2 is 2.00 bits per heavy atom. The highest BCUT2D eigenvalue weighted by Crippen LogP contribution is 2.26. The van der Waals surface area contributed by atoms with Crippen molar-refractivity contribution in [3.63, 3.8) is 0 Å². The number of hydrogen-bond acceptors (Lipinski definition) is 2. The molecule has 86 valence electrons. The Morgan fingerprint density at radius 3 is 2.56 bits per heavy atom. The number of halogens is 1. The summed E-state index contributed by atoms with van der Waals surface area (Å²) in [7, 11) is 0. The summed E-state index contributed by atoms with van der Waals surface area (Å²) >= 11 is 5.93. The molecule has 0 aliphatic heterocycles. The van der Waals surface area contributed by atoms with Crippen molar-refractivity contribution in [3.05, 3.63) is 29.0 Å². The Balaban J connectivity index is 2.75. The van der Waals surface area contributed by atoms with Crippen molar-refractivity contribution in [2.24, 2.45) is 0 Å². The summed E-state index contributed by atoms with van der Waals surface area (Å²) in [5.41, 5.74) is 1.84. The van der Waals surface area contributed by atoms with Gasteiger partial charge in [-0.3, -0.25) is 0 Å². The lowest BCUT2D eigenvalue weighted by Gasteiger charge is -2.14. The lowest BCUT2D eigenvalue weighted by molar-refractivity contribution is 0.182. The first-order valence-corrected chi connectivity index (χ1v) is 5.74. The van der Waals surface area contributed by atoms with Crippen LogP contribution in [0.4, 0.5) is 0 Å². The molecule has 0 fully saturated rings. The number of hydrogen-bond donors (Lipinski definition) is 1. The third-order valence-electron chi connectivity index (χ3n) is 2.57. The molecule has 3 nitrogen and oxygen atoms in total. The van der Waals surface area contributed by atoms with Crippen LogP contribution >= 0.6 is 11.6 Å². The summed E-state index contributed by atoms with van der Waals surface area (Å²) in [6, 6.07) is 5.87. The van der Waals surface area contributed by atoms with Gasteiger partial charge in [0.05, 0.1) is 11.0 Å². The van der Waals surface area contributed by atoms with E-state index in [0.717, 1.165) is 11.0 Å². The maximum absolute atomic E-state index is 9.71. The van der Waals surface area contributed by atoms with Gasteiger partial charge in [0.25, 0.3) is 0 Å². The summed E-state index contributed by atoms with van der Waals surface area (Å²) in [4.78, 5) is 4.42. The zero-order valence-corrected chi connectivity index (χ0v) is 10.4. The molecule has 1 atom stereocenters. The second-order valence-corrected chi connectivity index (χ2v) is 4.68. The van der Waals surface area contributed by atoms with Gasteiger partial charge in [-0.05, 0) is 39.0 Å². The van der Waals surface area contributed by atoms with Gasteiger partial charge in [-0.15, -0.1) is 0 Å². The summed E-state index contributed by atoms with van der Waals surface area (Å²) in [5, 5.41) is 10.4. The van der Waals surface area contributed by atoms with E-state index in [4.69, 9.17) is 11.6 Å². The van der Waals surface area contributed by atoms with E-state index < -0.39 is 6.10 Å². The summed E-state index contributed by atoms with van der Waals surface area (Å²) in [6.07, 6.45) is -0.575. The molecule has 0 amide bonds. The normalized spacial score (nSPS) is 13.6. The van der Waals surface area contributed by atoms with Gasteiger partial charge < -0.3 is 9.67 Å². The van der Waals surface area contributed by atoms with E-state index in [9.17, 15) is 5.11 Å². The predicted molar refractivity (Wildman–Crippen MR) is 65.8 cm³/mol. The fourth-order valence-electron chi connectivity index (χ4n) is 1.93. The molecule has 0 radical (unpaired) electrons. The Bertz CT molecular complexity index is 517. The molecule has 0 unspecified atom stereocenters. The molecule has 1 N–H and O–H groups in total. The van der Waals surface area contributed by atoms with Crippen LogP contribution in [0.3, 0.4) is 0 Å². The second-order valence-electron chi connectivity index (χ2n) is 4.24. The summed E-state index contributed by atoms with van der Waals surface area (Å²) in [5.74, 6) is 0.687. The van der Waals surface area contributed by atoms with Crippen molar-refractivity contribution >= 4 is 22.6 Å². The van der Waals surface area contributed by atoms with Crippen LogP contribution < -0.4 is 0 Å². The van der Waals surface area contributed by atoms with Gasteiger partial charge in [-0.2, -0.15) is 0 Å². The Hall–Kier alpha value is -1.06. The molecule has 4 heteroatoms. The van der Waals surface area contributed by atoms with Gasteiger partial charge in [-0.25, -0.2) is 4.98 Å². The fourth-order valence-corrected chi connectivity index (χ4v) is 2.09. The van der Waals surface area contributed by atoms with E-state index >= 15 is 0 Å². The highest BCUT2D eigenvalue weighted by Gasteiger charge is 2.16. The molecular weight excluding hydrogens is 224 g/mol. The third-order valence-corrected chi connectivity index (χ3v) is 2.80. The van der Waals surface area contributed by atoms with Crippen LogP contribution in [0.1, 0.15) is 38.7 Å². The SMILES string of the molecule is CC(C)n1c([C@H](C)O)nc2cc(Cl)ccc21. The second kappa shape index (κ2) is 4.07. The molecule has 1 aromatic carbocycles. The summed E-state index contributed by atoms with van der Waals surface area (Å²) < 4.78 is 2.04. The number of fused-ring (bicyclic) bond motifs is 1. The molecule has 0 saturated heterocycles. The standard InChI is InChI=1S/C12H15ClN2O/c1-7(2)15-11-5-4-9(13)6-10(11)14-12(15)8(3)16/h4-8,16H,1-3H3/t8-/m0/s1. The molecule has 1 heterocycles. The van der Waals surface area contributed by atoms with E-state index in [0.29, 0.717) is 10.8 Å². The number of aliphatic hydroxyl groups is 1. The van der Waals surface area contributed by atoms with Crippen LogP contribution in [-0.2, 0) is 0 Å². The maximum Gasteiger partial charge on any atom is 0.138 e. The fraction of sp³-hybridized carbons (Fsp3) is 0.417. The Labute approximate surface area is 99.7 Å². The molecule has 2 rings (SSSR count). The lowest BCUT2D eigenvalue weighted by atomic mass is 10.3. The van der Waals surface area contributed by atoms with Crippen molar-refractivity contribution in [2.45, 2.75) is 32.9 Å². The van der Waals surface area contributed by atoms with Gasteiger partial charge in [0.15, 0.2) is 0 Å². The van der Waals surface area contributed by atoms with Gasteiger partial charge in [-0.1, -0.05) is 11.6 Å². The Morgan fingerprint density at radius 1 is 1.31 bits per heavy atom. The van der Waals surface area contributed by atoms with Gasteiger partial charge in [0.2, 0.25) is 0 Å². The first-order chi connectivity index (χ1) is 7.50. The highest BCUT2D eigenvalue weighted by atomic mass is 35.5. The van der Waals surface area contributed by atoms with Crippen molar-refractivity contribution in [2.75, 3.05) is 0 Å². The third kappa shape index (κ3) is 1.81. The minimum atomic E-state index is -0.575. The van der Waals surface area contributed by atoms with Gasteiger partial charge >= 0.3 is 0 Å². The van der Waals surface area contributed by atoms with Crippen LogP contribution in [0.15, 0.2) is 18.2 Å².